The van der Waals surface area contributed by atoms with E-state index in [1.54, 1.807) is 6.08 Å². The predicted molar refractivity (Wildman–Crippen MR) is 59.7 cm³/mol. The monoisotopic (exact) mass is 231 g/mol. The zero-order chi connectivity index (χ0) is 12.1. The summed E-state index contributed by atoms with van der Waals surface area (Å²) in [6.45, 7) is 8.90. The first-order valence-corrected chi connectivity index (χ1v) is 8.16. The Morgan fingerprint density at radius 3 is 2.47 bits per heavy atom. The summed E-state index contributed by atoms with van der Waals surface area (Å²) in [5.41, 5.74) is 0. The van der Waals surface area contributed by atoms with Crippen LogP contribution in [-0.4, -0.2) is 25.3 Å². The summed E-state index contributed by atoms with van der Waals surface area (Å²) >= 11 is 0. The standard InChI is InChI=1S/C9H17NO4Si/c1-5-6-7-8(10(12)13)9(11)14-15(2,3)4/h5,8H,1,6-7H2,2-4H3. The van der Waals surface area contributed by atoms with Gasteiger partial charge in [0.15, 0.2) is 0 Å². The highest BCUT2D eigenvalue weighted by Crippen LogP contribution is 2.10. The largest absolute Gasteiger partial charge is 0.515 e. The number of nitrogens with zero attached hydrogens (tertiary/aromatic N) is 1. The van der Waals surface area contributed by atoms with E-state index >= 15 is 0 Å². The molecule has 5 nitrogen and oxygen atoms in total. The van der Waals surface area contributed by atoms with Gasteiger partial charge >= 0.3 is 12.0 Å². The highest BCUT2D eigenvalue weighted by Gasteiger charge is 2.33. The van der Waals surface area contributed by atoms with Crippen molar-refractivity contribution in [1.29, 1.82) is 0 Å². The molecular formula is C9H17NO4Si. The minimum Gasteiger partial charge on any atom is -0.515 e. The Morgan fingerprint density at radius 2 is 2.13 bits per heavy atom. The van der Waals surface area contributed by atoms with E-state index in [2.05, 4.69) is 6.58 Å². The third kappa shape index (κ3) is 6.00. The first kappa shape index (κ1) is 13.8. The van der Waals surface area contributed by atoms with Crippen molar-refractivity contribution in [3.63, 3.8) is 0 Å². The second kappa shape index (κ2) is 5.65. The van der Waals surface area contributed by atoms with Gasteiger partial charge in [0.2, 0.25) is 8.32 Å². The molecule has 0 heterocycles. The number of hydrogen-bond donors (Lipinski definition) is 0. The van der Waals surface area contributed by atoms with Crippen molar-refractivity contribution >= 4 is 14.3 Å². The lowest BCUT2D eigenvalue weighted by Gasteiger charge is -2.18. The lowest BCUT2D eigenvalue weighted by molar-refractivity contribution is -0.510. The molecule has 1 atom stereocenters. The van der Waals surface area contributed by atoms with Gasteiger partial charge < -0.3 is 4.43 Å². The van der Waals surface area contributed by atoms with Crippen LogP contribution in [0.2, 0.25) is 19.6 Å². The minimum atomic E-state index is -2.05. The van der Waals surface area contributed by atoms with E-state index in [9.17, 15) is 14.9 Å². The fraction of sp³-hybridized carbons (Fsp3) is 0.667. The summed E-state index contributed by atoms with van der Waals surface area (Å²) in [6.07, 6.45) is 2.14. The Morgan fingerprint density at radius 1 is 1.60 bits per heavy atom. The van der Waals surface area contributed by atoms with Crippen LogP contribution in [-0.2, 0) is 9.22 Å². The topological polar surface area (TPSA) is 69.4 Å². The van der Waals surface area contributed by atoms with Crippen LogP contribution in [0, 0.1) is 10.1 Å². The molecule has 0 rings (SSSR count). The van der Waals surface area contributed by atoms with E-state index < -0.39 is 25.3 Å². The van der Waals surface area contributed by atoms with Crippen LogP contribution < -0.4 is 0 Å². The van der Waals surface area contributed by atoms with Crippen molar-refractivity contribution in [3.05, 3.63) is 22.8 Å². The van der Waals surface area contributed by atoms with Crippen LogP contribution in [0.15, 0.2) is 12.7 Å². The lowest BCUT2D eigenvalue weighted by atomic mass is 10.2. The van der Waals surface area contributed by atoms with Crippen LogP contribution in [0.25, 0.3) is 0 Å². The van der Waals surface area contributed by atoms with Gasteiger partial charge in [-0.25, -0.2) is 4.79 Å². The second-order valence-corrected chi connectivity index (χ2v) is 8.63. The number of carbonyl (C=O) groups excluding carboxylic acids is 1. The van der Waals surface area contributed by atoms with Crippen LogP contribution in [0.3, 0.4) is 0 Å². The molecule has 0 radical (unpaired) electrons. The Balaban J connectivity index is 4.42. The molecule has 0 aromatic carbocycles. The van der Waals surface area contributed by atoms with E-state index in [0.29, 0.717) is 6.42 Å². The summed E-state index contributed by atoms with van der Waals surface area (Å²) < 4.78 is 5.08. The predicted octanol–water partition coefficient (Wildman–Crippen LogP) is 1.98. The van der Waals surface area contributed by atoms with Gasteiger partial charge in [-0.05, 0) is 26.1 Å². The van der Waals surface area contributed by atoms with Gasteiger partial charge in [-0.2, -0.15) is 0 Å². The number of nitro groups is 1. The molecule has 0 N–H and O–H groups in total. The Kier molecular flexibility index (Phi) is 5.20. The van der Waals surface area contributed by atoms with Gasteiger partial charge in [0, 0.05) is 11.3 Å². The Bertz CT molecular complexity index is 259. The highest BCUT2D eigenvalue weighted by atomic mass is 28.4. The number of hydrogen-bond acceptors (Lipinski definition) is 4. The summed E-state index contributed by atoms with van der Waals surface area (Å²) in [7, 11) is -2.05. The van der Waals surface area contributed by atoms with Gasteiger partial charge in [-0.15, -0.1) is 6.58 Å². The zero-order valence-corrected chi connectivity index (χ0v) is 10.4. The van der Waals surface area contributed by atoms with E-state index in [-0.39, 0.29) is 6.42 Å². The number of rotatable bonds is 6. The quantitative estimate of drug-likeness (QED) is 0.303. The first-order valence-electron chi connectivity index (χ1n) is 4.75. The highest BCUT2D eigenvalue weighted by molar-refractivity contribution is 6.71. The maximum absolute atomic E-state index is 11.4. The van der Waals surface area contributed by atoms with Crippen molar-refractivity contribution in [2.45, 2.75) is 38.5 Å². The van der Waals surface area contributed by atoms with Crippen molar-refractivity contribution in [1.82, 2.24) is 0 Å². The second-order valence-electron chi connectivity index (χ2n) is 4.20. The minimum absolute atomic E-state index is 0.153. The van der Waals surface area contributed by atoms with Gasteiger partial charge in [-0.3, -0.25) is 10.1 Å². The molecule has 0 aliphatic heterocycles. The fourth-order valence-corrected chi connectivity index (χ4v) is 1.69. The molecule has 0 bridgehead atoms. The van der Waals surface area contributed by atoms with Gasteiger partial charge in [-0.1, -0.05) is 6.08 Å². The average Bonchev–Trinajstić information content (AvgIpc) is 2.00. The average molecular weight is 231 g/mol. The molecule has 15 heavy (non-hydrogen) atoms. The van der Waals surface area contributed by atoms with Crippen LogP contribution in [0.1, 0.15) is 12.8 Å². The SMILES string of the molecule is C=CCCC(C(=O)O[Si](C)(C)C)[N+](=O)[O-]. The number of allylic oxidation sites excluding steroid dienone is 1. The van der Waals surface area contributed by atoms with Crippen molar-refractivity contribution in [3.8, 4) is 0 Å². The van der Waals surface area contributed by atoms with E-state index in [1.807, 2.05) is 19.6 Å². The fourth-order valence-electron chi connectivity index (χ4n) is 0.955. The Labute approximate surface area is 90.4 Å². The van der Waals surface area contributed by atoms with Crippen LogP contribution in [0.5, 0.6) is 0 Å². The maximum Gasteiger partial charge on any atom is 0.368 e. The maximum atomic E-state index is 11.4. The van der Waals surface area contributed by atoms with Crippen molar-refractivity contribution < 1.29 is 14.1 Å². The molecular weight excluding hydrogens is 214 g/mol. The third-order valence-corrected chi connectivity index (χ3v) is 2.39. The number of carbonyl (C=O) groups is 1. The molecule has 0 aliphatic carbocycles. The molecule has 0 aromatic heterocycles. The molecule has 0 aromatic rings. The van der Waals surface area contributed by atoms with Crippen molar-refractivity contribution in [2.75, 3.05) is 0 Å². The van der Waals surface area contributed by atoms with Gasteiger partial charge in [0.1, 0.15) is 0 Å². The van der Waals surface area contributed by atoms with Crippen LogP contribution >= 0.6 is 0 Å². The molecule has 0 aliphatic rings. The molecule has 0 saturated carbocycles. The van der Waals surface area contributed by atoms with Crippen LogP contribution in [0.4, 0.5) is 0 Å². The molecule has 1 unspecified atom stereocenters. The summed E-state index contributed by atoms with van der Waals surface area (Å²) in [5.74, 6) is -0.721. The lowest BCUT2D eigenvalue weighted by Crippen LogP contribution is -2.38. The first-order chi connectivity index (χ1) is 6.78. The molecule has 0 fully saturated rings. The summed E-state index contributed by atoms with van der Waals surface area (Å²) in [4.78, 5) is 21.5. The van der Waals surface area contributed by atoms with E-state index in [1.165, 1.54) is 0 Å². The molecule has 0 spiro atoms. The molecule has 86 valence electrons. The van der Waals surface area contributed by atoms with Gasteiger partial charge in [0.05, 0.1) is 0 Å². The molecule has 6 heteroatoms. The third-order valence-electron chi connectivity index (χ3n) is 1.58. The zero-order valence-electron chi connectivity index (χ0n) is 9.36. The molecule has 0 saturated heterocycles. The smallest absolute Gasteiger partial charge is 0.368 e. The van der Waals surface area contributed by atoms with Crippen molar-refractivity contribution in [2.24, 2.45) is 0 Å². The summed E-state index contributed by atoms with van der Waals surface area (Å²) in [6, 6.07) is -1.25. The normalized spacial score (nSPS) is 13.0. The molecule has 0 amide bonds. The van der Waals surface area contributed by atoms with Gasteiger partial charge in [0.25, 0.3) is 0 Å². The van der Waals surface area contributed by atoms with E-state index in [0.717, 1.165) is 0 Å². The summed E-state index contributed by atoms with van der Waals surface area (Å²) in [5, 5.41) is 10.6. The Hall–Kier alpha value is -1.17. The van der Waals surface area contributed by atoms with E-state index in [4.69, 9.17) is 4.43 Å².